The van der Waals surface area contributed by atoms with Crippen molar-refractivity contribution in [3.05, 3.63) is 0 Å². The Bertz CT molecular complexity index is 570. The van der Waals surface area contributed by atoms with Crippen molar-refractivity contribution in [3.8, 4) is 0 Å². The number of likely N-dealkylation sites (tertiary alicyclic amines) is 1. The summed E-state index contributed by atoms with van der Waals surface area (Å²) in [6.07, 6.45) is 2.50. The van der Waals surface area contributed by atoms with Crippen LogP contribution >= 0.6 is 0 Å². The zero-order valence-corrected chi connectivity index (χ0v) is 15.5. The summed E-state index contributed by atoms with van der Waals surface area (Å²) in [6.45, 7) is 7.89. The second-order valence-corrected chi connectivity index (χ2v) is 7.98. The van der Waals surface area contributed by atoms with Gasteiger partial charge in [-0.25, -0.2) is 4.79 Å². The third-order valence-corrected chi connectivity index (χ3v) is 6.49. The molecule has 1 atom stereocenters. The highest BCUT2D eigenvalue weighted by Gasteiger charge is 2.56. The van der Waals surface area contributed by atoms with Crippen LogP contribution in [-0.2, 0) is 14.3 Å². The van der Waals surface area contributed by atoms with Crippen LogP contribution in [0, 0.1) is 5.41 Å². The van der Waals surface area contributed by atoms with Gasteiger partial charge >= 0.3 is 6.03 Å². The van der Waals surface area contributed by atoms with Crippen molar-refractivity contribution in [1.29, 1.82) is 0 Å². The maximum Gasteiger partial charge on any atom is 0.327 e. The summed E-state index contributed by atoms with van der Waals surface area (Å²) in [7, 11) is 0. The fourth-order valence-electron chi connectivity index (χ4n) is 4.84. The topological polar surface area (TPSA) is 73.4 Å². The molecule has 4 aliphatic heterocycles. The monoisotopic (exact) mass is 364 g/mol. The van der Waals surface area contributed by atoms with E-state index in [4.69, 9.17) is 4.74 Å². The van der Waals surface area contributed by atoms with E-state index in [1.54, 1.807) is 4.90 Å². The van der Waals surface area contributed by atoms with Gasteiger partial charge in [-0.1, -0.05) is 0 Å². The van der Waals surface area contributed by atoms with Crippen molar-refractivity contribution in [1.82, 2.24) is 19.6 Å². The van der Waals surface area contributed by atoms with Crippen LogP contribution in [-0.4, -0.2) is 103 Å². The lowest BCUT2D eigenvalue weighted by atomic mass is 9.76. The molecule has 4 aliphatic rings. The van der Waals surface area contributed by atoms with Gasteiger partial charge in [-0.05, 0) is 31.6 Å². The first kappa shape index (κ1) is 17.7. The van der Waals surface area contributed by atoms with Crippen LogP contribution in [0.25, 0.3) is 0 Å². The molecule has 0 N–H and O–H groups in total. The van der Waals surface area contributed by atoms with Gasteiger partial charge in [-0.2, -0.15) is 0 Å². The summed E-state index contributed by atoms with van der Waals surface area (Å²) < 4.78 is 5.33. The fraction of sp³-hybridized carbons (Fsp3) is 0.833. The number of imide groups is 1. The maximum atomic E-state index is 12.6. The van der Waals surface area contributed by atoms with E-state index in [1.165, 1.54) is 4.90 Å². The predicted molar refractivity (Wildman–Crippen MR) is 93.4 cm³/mol. The normalized spacial score (nSPS) is 29.0. The van der Waals surface area contributed by atoms with Crippen molar-refractivity contribution >= 4 is 17.8 Å². The smallest absolute Gasteiger partial charge is 0.327 e. The van der Waals surface area contributed by atoms with Crippen molar-refractivity contribution < 1.29 is 19.1 Å². The van der Waals surface area contributed by atoms with Crippen LogP contribution in [0.1, 0.15) is 26.2 Å². The molecule has 0 aromatic rings. The van der Waals surface area contributed by atoms with E-state index < -0.39 is 0 Å². The first-order valence-corrected chi connectivity index (χ1v) is 9.73. The molecule has 0 aliphatic carbocycles. The number of hydrogen-bond acceptors (Lipinski definition) is 5. The van der Waals surface area contributed by atoms with Gasteiger partial charge in [-0.3, -0.25) is 19.4 Å². The lowest BCUT2D eigenvalue weighted by Gasteiger charge is -2.40. The summed E-state index contributed by atoms with van der Waals surface area (Å²) in [5.41, 5.74) is 0.00552. The van der Waals surface area contributed by atoms with Crippen molar-refractivity contribution in [2.24, 2.45) is 5.41 Å². The lowest BCUT2D eigenvalue weighted by molar-refractivity contribution is -0.136. The van der Waals surface area contributed by atoms with Crippen LogP contribution in [0.4, 0.5) is 4.79 Å². The molecular formula is C18H28N4O4. The number of morpholine rings is 1. The minimum Gasteiger partial charge on any atom is -0.379 e. The zero-order chi connectivity index (χ0) is 18.3. The SMILES string of the molecule is CCN1C(=O)C2CC3(CCN(C(=O)CN4CCOCC4)CC3)CN2C1=O. The van der Waals surface area contributed by atoms with Crippen molar-refractivity contribution in [2.75, 3.05) is 59.0 Å². The molecule has 0 bridgehead atoms. The Hall–Kier alpha value is -1.67. The Labute approximate surface area is 154 Å². The molecule has 26 heavy (non-hydrogen) atoms. The maximum absolute atomic E-state index is 12.6. The van der Waals surface area contributed by atoms with E-state index in [0.29, 0.717) is 32.8 Å². The Morgan fingerprint density at radius 3 is 2.46 bits per heavy atom. The molecule has 4 saturated heterocycles. The van der Waals surface area contributed by atoms with E-state index in [2.05, 4.69) is 4.90 Å². The number of carbonyl (C=O) groups is 3. The van der Waals surface area contributed by atoms with Crippen molar-refractivity contribution in [3.63, 3.8) is 0 Å². The Balaban J connectivity index is 1.32. The highest BCUT2D eigenvalue weighted by Crippen LogP contribution is 2.46. The van der Waals surface area contributed by atoms with Gasteiger partial charge in [0.05, 0.1) is 19.8 Å². The molecule has 0 aromatic heterocycles. The van der Waals surface area contributed by atoms with Gasteiger partial charge in [-0.15, -0.1) is 0 Å². The van der Waals surface area contributed by atoms with E-state index in [0.717, 1.165) is 45.4 Å². The molecule has 144 valence electrons. The number of rotatable bonds is 3. The molecule has 8 nitrogen and oxygen atoms in total. The number of ether oxygens (including phenoxy) is 1. The van der Waals surface area contributed by atoms with Crippen LogP contribution in [0.15, 0.2) is 0 Å². The number of hydrogen-bond donors (Lipinski definition) is 0. The lowest BCUT2D eigenvalue weighted by Crippen LogP contribution is -2.49. The summed E-state index contributed by atoms with van der Waals surface area (Å²) >= 11 is 0. The molecule has 4 fully saturated rings. The molecule has 0 aromatic carbocycles. The summed E-state index contributed by atoms with van der Waals surface area (Å²) in [4.78, 5) is 44.6. The van der Waals surface area contributed by atoms with E-state index >= 15 is 0 Å². The zero-order valence-electron chi connectivity index (χ0n) is 15.5. The number of carbonyl (C=O) groups excluding carboxylic acids is 3. The Kier molecular flexibility index (Phi) is 4.64. The van der Waals surface area contributed by atoms with Gasteiger partial charge in [0.25, 0.3) is 5.91 Å². The second kappa shape index (κ2) is 6.81. The first-order chi connectivity index (χ1) is 12.5. The van der Waals surface area contributed by atoms with Gasteiger partial charge in [0, 0.05) is 39.3 Å². The second-order valence-electron chi connectivity index (χ2n) is 7.98. The molecule has 4 heterocycles. The standard InChI is InChI=1S/C18H28N4O4/c1-2-21-16(24)14-11-18(13-22(14)17(21)25)3-5-20(6-4-18)15(23)12-19-7-9-26-10-8-19/h14H,2-13H2,1H3. The largest absolute Gasteiger partial charge is 0.379 e. The van der Waals surface area contributed by atoms with Gasteiger partial charge in [0.1, 0.15) is 6.04 Å². The molecule has 0 saturated carbocycles. The third-order valence-electron chi connectivity index (χ3n) is 6.49. The number of nitrogens with zero attached hydrogens (tertiary/aromatic N) is 4. The average molecular weight is 364 g/mol. The number of likely N-dealkylation sites (N-methyl/N-ethyl adjacent to an activating group) is 1. The van der Waals surface area contributed by atoms with E-state index in [1.807, 2.05) is 11.8 Å². The molecule has 4 rings (SSSR count). The van der Waals surface area contributed by atoms with E-state index in [-0.39, 0.29) is 29.3 Å². The summed E-state index contributed by atoms with van der Waals surface area (Å²) in [5, 5.41) is 0. The average Bonchev–Trinajstić information content (AvgIpc) is 3.11. The van der Waals surface area contributed by atoms with Gasteiger partial charge in [0.2, 0.25) is 5.91 Å². The Morgan fingerprint density at radius 2 is 1.85 bits per heavy atom. The van der Waals surface area contributed by atoms with Crippen LogP contribution in [0.5, 0.6) is 0 Å². The van der Waals surface area contributed by atoms with Crippen LogP contribution < -0.4 is 0 Å². The highest BCUT2D eigenvalue weighted by atomic mass is 16.5. The third kappa shape index (κ3) is 2.99. The number of urea groups is 1. The minimum absolute atomic E-state index is 0.00552. The molecule has 8 heteroatoms. The van der Waals surface area contributed by atoms with Crippen LogP contribution in [0.3, 0.4) is 0 Å². The molecule has 1 spiro atoms. The fourth-order valence-corrected chi connectivity index (χ4v) is 4.84. The quantitative estimate of drug-likeness (QED) is 0.659. The molecule has 0 radical (unpaired) electrons. The molecule has 4 amide bonds. The predicted octanol–water partition coefficient (Wildman–Crippen LogP) is -0.0162. The van der Waals surface area contributed by atoms with Gasteiger partial charge < -0.3 is 14.5 Å². The molecule has 1 unspecified atom stereocenters. The number of piperidine rings is 1. The van der Waals surface area contributed by atoms with E-state index in [9.17, 15) is 14.4 Å². The number of amides is 4. The van der Waals surface area contributed by atoms with Crippen LogP contribution in [0.2, 0.25) is 0 Å². The highest BCUT2D eigenvalue weighted by molar-refractivity contribution is 6.04. The van der Waals surface area contributed by atoms with Gasteiger partial charge in [0.15, 0.2) is 0 Å². The number of fused-ring (bicyclic) bond motifs is 1. The Morgan fingerprint density at radius 1 is 1.15 bits per heavy atom. The minimum atomic E-state index is -0.280. The molecular weight excluding hydrogens is 336 g/mol. The first-order valence-electron chi connectivity index (χ1n) is 9.73. The summed E-state index contributed by atoms with van der Waals surface area (Å²) in [5.74, 6) is 0.143. The summed E-state index contributed by atoms with van der Waals surface area (Å²) in [6, 6.07) is -0.414. The van der Waals surface area contributed by atoms with Crippen molar-refractivity contribution in [2.45, 2.75) is 32.2 Å².